The zero-order valence-electron chi connectivity index (χ0n) is 8.60. The maximum atomic E-state index is 11.8. The van der Waals surface area contributed by atoms with Gasteiger partial charge in [-0.25, -0.2) is 9.19 Å². The van der Waals surface area contributed by atoms with Gasteiger partial charge in [0.15, 0.2) is 6.73 Å². The van der Waals surface area contributed by atoms with Crippen LogP contribution >= 0.6 is 35.3 Å². The largest absolute Gasteiger partial charge is 0.445 e. The van der Waals surface area contributed by atoms with Crippen LogP contribution in [0.4, 0.5) is 0 Å². The minimum absolute atomic E-state index is 0.144. The Balaban J connectivity index is 1.99. The number of carbonyl (C=O) groups excluding carboxylic acids is 1. The fraction of sp³-hybridized carbons (Fsp3) is 0.200. The number of ether oxygens (including phenoxy) is 1. The molecule has 0 unspecified atom stereocenters. The Kier molecular flexibility index (Phi) is 4.28. The maximum Gasteiger partial charge on any atom is 0.342 e. The zero-order chi connectivity index (χ0) is 12.3. The minimum atomic E-state index is -0.534. The summed E-state index contributed by atoms with van der Waals surface area (Å²) in [5.74, 6) is -0.534. The van der Waals surface area contributed by atoms with E-state index in [2.05, 4.69) is 4.40 Å². The highest BCUT2D eigenvalue weighted by molar-refractivity contribution is 7.96. The molecular weight excluding hydrogens is 283 g/mol. The third-order valence-electron chi connectivity index (χ3n) is 2.03. The molecule has 1 aromatic carbocycles. The summed E-state index contributed by atoms with van der Waals surface area (Å²) in [7, 11) is 0. The first kappa shape index (κ1) is 12.7. The second-order valence-electron chi connectivity index (χ2n) is 3.19. The van der Waals surface area contributed by atoms with Crippen LogP contribution in [0.5, 0.6) is 0 Å². The lowest BCUT2D eigenvalue weighted by Crippen LogP contribution is -2.20. The van der Waals surface area contributed by atoms with Gasteiger partial charge in [0.05, 0.1) is 34.3 Å². The number of nitrogens with zero attached hydrogens (tertiary/aromatic N) is 2. The van der Waals surface area contributed by atoms with Crippen LogP contribution in [0.3, 0.4) is 0 Å². The smallest absolute Gasteiger partial charge is 0.342 e. The predicted molar refractivity (Wildman–Crippen MR) is 69.5 cm³/mol. The van der Waals surface area contributed by atoms with Gasteiger partial charge in [0.2, 0.25) is 0 Å². The van der Waals surface area contributed by atoms with Gasteiger partial charge in [-0.2, -0.15) is 4.31 Å². The van der Waals surface area contributed by atoms with Crippen molar-refractivity contribution in [1.29, 1.82) is 0 Å². The monoisotopic (exact) mass is 290 g/mol. The van der Waals surface area contributed by atoms with E-state index in [1.54, 1.807) is 28.7 Å². The number of hydrogen-bond donors (Lipinski definition) is 0. The van der Waals surface area contributed by atoms with E-state index < -0.39 is 5.97 Å². The molecule has 90 valence electrons. The molecule has 1 heterocycles. The highest BCUT2D eigenvalue weighted by Gasteiger charge is 2.18. The SMILES string of the molecule is O=C(OCN1CC=NS1)c1c(Cl)cccc1Cl. The van der Waals surface area contributed by atoms with E-state index >= 15 is 0 Å². The Morgan fingerprint density at radius 3 is 2.76 bits per heavy atom. The Bertz CT molecular complexity index is 439. The van der Waals surface area contributed by atoms with Gasteiger partial charge in [0.1, 0.15) is 0 Å². The second-order valence-corrected chi connectivity index (χ2v) is 4.90. The molecule has 1 aliphatic rings. The Hall–Kier alpha value is -0.750. The van der Waals surface area contributed by atoms with Crippen molar-refractivity contribution in [2.75, 3.05) is 13.3 Å². The Morgan fingerprint density at radius 2 is 2.18 bits per heavy atom. The molecule has 0 fully saturated rings. The molecule has 0 radical (unpaired) electrons. The van der Waals surface area contributed by atoms with Crippen LogP contribution in [-0.4, -0.2) is 29.8 Å². The molecule has 17 heavy (non-hydrogen) atoms. The predicted octanol–water partition coefficient (Wildman–Crippen LogP) is 3.06. The third-order valence-corrected chi connectivity index (χ3v) is 3.39. The molecule has 0 spiro atoms. The van der Waals surface area contributed by atoms with Crippen LogP contribution in [0.1, 0.15) is 10.4 Å². The fourth-order valence-corrected chi connectivity index (χ4v) is 2.28. The van der Waals surface area contributed by atoms with Crippen molar-refractivity contribution in [2.24, 2.45) is 4.40 Å². The highest BCUT2D eigenvalue weighted by Crippen LogP contribution is 2.25. The van der Waals surface area contributed by atoms with Crippen LogP contribution < -0.4 is 0 Å². The molecule has 4 nitrogen and oxygen atoms in total. The Morgan fingerprint density at radius 1 is 1.47 bits per heavy atom. The molecule has 0 saturated heterocycles. The number of rotatable bonds is 3. The summed E-state index contributed by atoms with van der Waals surface area (Å²) in [5, 5.41) is 0.570. The van der Waals surface area contributed by atoms with E-state index in [1.165, 1.54) is 12.1 Å². The van der Waals surface area contributed by atoms with Crippen LogP contribution in [-0.2, 0) is 4.74 Å². The lowest BCUT2D eigenvalue weighted by molar-refractivity contribution is 0.0398. The van der Waals surface area contributed by atoms with Gasteiger partial charge in [0.25, 0.3) is 0 Å². The molecule has 0 amide bonds. The fourth-order valence-electron chi connectivity index (χ4n) is 1.23. The van der Waals surface area contributed by atoms with Gasteiger partial charge in [-0.3, -0.25) is 0 Å². The average molecular weight is 291 g/mol. The lowest BCUT2D eigenvalue weighted by Gasteiger charge is -2.12. The minimum Gasteiger partial charge on any atom is -0.445 e. The van der Waals surface area contributed by atoms with Crippen molar-refractivity contribution in [3.8, 4) is 0 Å². The first-order chi connectivity index (χ1) is 8.18. The van der Waals surface area contributed by atoms with Crippen molar-refractivity contribution in [3.05, 3.63) is 33.8 Å². The molecule has 0 atom stereocenters. The molecule has 2 rings (SSSR count). The quantitative estimate of drug-likeness (QED) is 0.634. The van der Waals surface area contributed by atoms with Crippen LogP contribution in [0, 0.1) is 0 Å². The molecule has 0 bridgehead atoms. The van der Waals surface area contributed by atoms with E-state index in [0.29, 0.717) is 6.54 Å². The zero-order valence-corrected chi connectivity index (χ0v) is 10.9. The van der Waals surface area contributed by atoms with Crippen LogP contribution in [0.15, 0.2) is 22.6 Å². The van der Waals surface area contributed by atoms with Crippen molar-refractivity contribution in [1.82, 2.24) is 4.31 Å². The molecular formula is C10H8Cl2N2O2S. The standard InChI is InChI=1S/C10H8Cl2N2O2S/c11-7-2-1-3-8(12)9(7)10(15)16-6-14-5-4-13-17-14/h1-4H,5-6H2. The van der Waals surface area contributed by atoms with Gasteiger partial charge in [-0.05, 0) is 12.1 Å². The molecule has 1 aliphatic heterocycles. The van der Waals surface area contributed by atoms with Crippen LogP contribution in [0.2, 0.25) is 10.0 Å². The van der Waals surface area contributed by atoms with Gasteiger partial charge in [-0.15, -0.1) is 0 Å². The first-order valence-electron chi connectivity index (χ1n) is 4.73. The first-order valence-corrected chi connectivity index (χ1v) is 6.22. The number of benzene rings is 1. The molecule has 0 N–H and O–H groups in total. The van der Waals surface area contributed by atoms with E-state index in [1.807, 2.05) is 0 Å². The molecule has 0 aromatic heterocycles. The second kappa shape index (κ2) is 5.73. The summed E-state index contributed by atoms with van der Waals surface area (Å²) in [6, 6.07) is 4.86. The Labute approximate surface area is 113 Å². The van der Waals surface area contributed by atoms with E-state index in [4.69, 9.17) is 27.9 Å². The average Bonchev–Trinajstić information content (AvgIpc) is 2.79. The molecule has 0 saturated carbocycles. The van der Waals surface area contributed by atoms with Gasteiger partial charge in [-0.1, -0.05) is 29.3 Å². The van der Waals surface area contributed by atoms with E-state index in [-0.39, 0.29) is 22.3 Å². The number of halogens is 2. The number of esters is 1. The lowest BCUT2D eigenvalue weighted by atomic mass is 10.2. The molecule has 0 aliphatic carbocycles. The van der Waals surface area contributed by atoms with Crippen molar-refractivity contribution in [3.63, 3.8) is 0 Å². The van der Waals surface area contributed by atoms with Gasteiger partial charge in [0, 0.05) is 6.21 Å². The van der Waals surface area contributed by atoms with E-state index in [9.17, 15) is 4.79 Å². The van der Waals surface area contributed by atoms with Crippen molar-refractivity contribution >= 4 is 47.5 Å². The highest BCUT2D eigenvalue weighted by atomic mass is 35.5. The van der Waals surface area contributed by atoms with Crippen LogP contribution in [0.25, 0.3) is 0 Å². The van der Waals surface area contributed by atoms with Gasteiger partial charge < -0.3 is 4.74 Å². The summed E-state index contributed by atoms with van der Waals surface area (Å²) >= 11 is 13.0. The summed E-state index contributed by atoms with van der Waals surface area (Å²) in [5.41, 5.74) is 0.195. The normalized spacial score (nSPS) is 15.2. The summed E-state index contributed by atoms with van der Waals surface area (Å²) in [6.07, 6.45) is 1.74. The van der Waals surface area contributed by atoms with Crippen molar-refractivity contribution in [2.45, 2.75) is 0 Å². The summed E-state index contributed by atoms with van der Waals surface area (Å²) in [4.78, 5) is 11.8. The summed E-state index contributed by atoms with van der Waals surface area (Å²) < 4.78 is 10.8. The number of hydrogen-bond acceptors (Lipinski definition) is 5. The maximum absolute atomic E-state index is 11.8. The number of carbonyl (C=O) groups is 1. The topological polar surface area (TPSA) is 41.9 Å². The van der Waals surface area contributed by atoms with E-state index in [0.717, 1.165) is 0 Å². The van der Waals surface area contributed by atoms with Gasteiger partial charge >= 0.3 is 5.97 Å². The molecule has 7 heteroatoms. The summed E-state index contributed by atoms with van der Waals surface area (Å²) in [6.45, 7) is 0.791. The molecule has 1 aromatic rings. The van der Waals surface area contributed by atoms with Crippen molar-refractivity contribution < 1.29 is 9.53 Å². The third kappa shape index (κ3) is 3.13.